The van der Waals surface area contributed by atoms with Gasteiger partial charge in [-0.15, -0.1) is 0 Å². The van der Waals surface area contributed by atoms with Crippen LogP contribution in [0.1, 0.15) is 11.1 Å². The third-order valence-electron chi connectivity index (χ3n) is 4.30. The fraction of sp³-hybridized carbons (Fsp3) is 0.0833. The number of halogens is 2. The van der Waals surface area contributed by atoms with Crippen molar-refractivity contribution in [2.24, 2.45) is 0 Å². The van der Waals surface area contributed by atoms with Crippen LogP contribution in [0.5, 0.6) is 11.5 Å². The Morgan fingerprint density at radius 3 is 2.52 bits per heavy atom. The average Bonchev–Trinajstić information content (AvgIpc) is 2.79. The lowest BCUT2D eigenvalue weighted by Crippen LogP contribution is -2.13. The van der Waals surface area contributed by atoms with Crippen molar-refractivity contribution < 1.29 is 14.3 Å². The van der Waals surface area contributed by atoms with Gasteiger partial charge in [0.25, 0.3) is 5.91 Å². The van der Waals surface area contributed by atoms with Crippen LogP contribution in [0.25, 0.3) is 6.08 Å². The molecular formula is C24H18Cl2N2O3. The molecule has 0 radical (unpaired) electrons. The van der Waals surface area contributed by atoms with Crippen LogP contribution in [0.3, 0.4) is 0 Å². The first-order valence-electron chi connectivity index (χ1n) is 9.23. The summed E-state index contributed by atoms with van der Waals surface area (Å²) < 4.78 is 11.2. The Morgan fingerprint density at radius 1 is 1.06 bits per heavy atom. The van der Waals surface area contributed by atoms with E-state index >= 15 is 0 Å². The summed E-state index contributed by atoms with van der Waals surface area (Å²) in [5.74, 6) is 0.513. The molecule has 0 aliphatic heterocycles. The van der Waals surface area contributed by atoms with E-state index in [9.17, 15) is 10.1 Å². The molecule has 31 heavy (non-hydrogen) atoms. The summed E-state index contributed by atoms with van der Waals surface area (Å²) in [7, 11) is 1.54. The van der Waals surface area contributed by atoms with Crippen LogP contribution in [0.2, 0.25) is 10.0 Å². The number of nitrogens with zero attached hydrogens (tertiary/aromatic N) is 1. The van der Waals surface area contributed by atoms with Crippen molar-refractivity contribution in [3.05, 3.63) is 93.5 Å². The van der Waals surface area contributed by atoms with Crippen LogP contribution in [0.15, 0.2) is 72.3 Å². The second-order valence-corrected chi connectivity index (χ2v) is 7.25. The average molecular weight is 453 g/mol. The summed E-state index contributed by atoms with van der Waals surface area (Å²) in [6.45, 7) is 0.211. The SMILES string of the molecule is COc1ccc(/C=C(\C#N)C(=O)Nc2ccccc2)c(OCc2ccc(Cl)c(Cl)c2)c1. The number of para-hydroxylation sites is 1. The van der Waals surface area contributed by atoms with Crippen molar-refractivity contribution in [3.8, 4) is 17.6 Å². The molecule has 3 aromatic carbocycles. The van der Waals surface area contributed by atoms with Gasteiger partial charge in [0, 0.05) is 17.3 Å². The number of carbonyl (C=O) groups is 1. The highest BCUT2D eigenvalue weighted by molar-refractivity contribution is 6.42. The Labute approximate surface area is 190 Å². The molecule has 0 aliphatic carbocycles. The number of hydrogen-bond acceptors (Lipinski definition) is 4. The number of nitriles is 1. The molecule has 0 unspecified atom stereocenters. The molecule has 0 aliphatic rings. The molecular weight excluding hydrogens is 435 g/mol. The normalized spacial score (nSPS) is 10.8. The molecule has 7 heteroatoms. The lowest BCUT2D eigenvalue weighted by Gasteiger charge is -2.12. The van der Waals surface area contributed by atoms with E-state index in [1.54, 1.807) is 67.8 Å². The summed E-state index contributed by atoms with van der Waals surface area (Å²) in [5.41, 5.74) is 1.91. The van der Waals surface area contributed by atoms with Gasteiger partial charge in [0.15, 0.2) is 0 Å². The van der Waals surface area contributed by atoms with Gasteiger partial charge in [-0.05, 0) is 48.0 Å². The number of rotatable bonds is 7. The molecule has 5 nitrogen and oxygen atoms in total. The van der Waals surface area contributed by atoms with Crippen LogP contribution in [-0.2, 0) is 11.4 Å². The van der Waals surface area contributed by atoms with E-state index in [2.05, 4.69) is 5.32 Å². The Morgan fingerprint density at radius 2 is 1.84 bits per heavy atom. The number of ether oxygens (including phenoxy) is 2. The predicted molar refractivity (Wildman–Crippen MR) is 122 cm³/mol. The number of nitrogens with one attached hydrogen (secondary N) is 1. The minimum atomic E-state index is -0.514. The molecule has 3 rings (SSSR count). The highest BCUT2D eigenvalue weighted by atomic mass is 35.5. The van der Waals surface area contributed by atoms with Crippen LogP contribution < -0.4 is 14.8 Å². The Bertz CT molecular complexity index is 1160. The first-order valence-corrected chi connectivity index (χ1v) is 9.98. The molecule has 0 spiro atoms. The maximum Gasteiger partial charge on any atom is 0.266 e. The van der Waals surface area contributed by atoms with E-state index in [0.29, 0.717) is 32.8 Å². The fourth-order valence-corrected chi connectivity index (χ4v) is 3.02. The van der Waals surface area contributed by atoms with E-state index < -0.39 is 5.91 Å². The van der Waals surface area contributed by atoms with Crippen LogP contribution >= 0.6 is 23.2 Å². The Hall–Kier alpha value is -3.46. The minimum absolute atomic E-state index is 0.0617. The quantitative estimate of drug-likeness (QED) is 0.345. The lowest BCUT2D eigenvalue weighted by molar-refractivity contribution is -0.112. The summed E-state index contributed by atoms with van der Waals surface area (Å²) in [4.78, 5) is 12.5. The van der Waals surface area contributed by atoms with Gasteiger partial charge in [-0.25, -0.2) is 0 Å². The largest absolute Gasteiger partial charge is 0.497 e. The second kappa shape index (κ2) is 10.5. The standard InChI is InChI=1S/C24H18Cl2N2O3/c1-30-20-9-8-17(12-18(14-27)24(29)28-19-5-3-2-4-6-19)23(13-20)31-15-16-7-10-21(25)22(26)11-16/h2-13H,15H2,1H3,(H,28,29)/b18-12+. The smallest absolute Gasteiger partial charge is 0.266 e. The zero-order chi connectivity index (χ0) is 22.2. The van der Waals surface area contributed by atoms with Gasteiger partial charge >= 0.3 is 0 Å². The molecule has 0 atom stereocenters. The molecule has 1 amide bonds. The molecule has 0 bridgehead atoms. The maximum atomic E-state index is 12.5. The van der Waals surface area contributed by atoms with Crippen LogP contribution in [0.4, 0.5) is 5.69 Å². The number of carbonyl (C=O) groups excluding carboxylic acids is 1. The highest BCUT2D eigenvalue weighted by Gasteiger charge is 2.13. The van der Waals surface area contributed by atoms with Crippen molar-refractivity contribution in [1.29, 1.82) is 5.26 Å². The van der Waals surface area contributed by atoms with Gasteiger partial charge in [-0.1, -0.05) is 47.5 Å². The van der Waals surface area contributed by atoms with Gasteiger partial charge in [0.05, 0.1) is 17.2 Å². The van der Waals surface area contributed by atoms with Crippen molar-refractivity contribution >= 4 is 40.9 Å². The number of benzene rings is 3. The second-order valence-electron chi connectivity index (χ2n) is 6.43. The fourth-order valence-electron chi connectivity index (χ4n) is 2.70. The third kappa shape index (κ3) is 6.02. The van der Waals surface area contributed by atoms with Crippen LogP contribution in [-0.4, -0.2) is 13.0 Å². The molecule has 0 saturated carbocycles. The Kier molecular flexibility index (Phi) is 7.55. The molecule has 0 heterocycles. The molecule has 0 aromatic heterocycles. The van der Waals surface area contributed by atoms with Crippen LogP contribution in [0, 0.1) is 11.3 Å². The molecule has 0 saturated heterocycles. The predicted octanol–water partition coefficient (Wildman–Crippen LogP) is 6.13. The summed E-state index contributed by atoms with van der Waals surface area (Å²) in [5, 5.41) is 13.1. The van der Waals surface area contributed by atoms with Crippen molar-refractivity contribution in [1.82, 2.24) is 0 Å². The lowest BCUT2D eigenvalue weighted by atomic mass is 10.1. The summed E-state index contributed by atoms with van der Waals surface area (Å²) in [6.07, 6.45) is 1.47. The first kappa shape index (κ1) is 22.2. The maximum absolute atomic E-state index is 12.5. The number of hydrogen-bond donors (Lipinski definition) is 1. The van der Waals surface area contributed by atoms with E-state index in [1.165, 1.54) is 6.08 Å². The molecule has 156 valence electrons. The number of amides is 1. The summed E-state index contributed by atoms with van der Waals surface area (Å²) >= 11 is 12.0. The van der Waals surface area contributed by atoms with Gasteiger partial charge in [-0.3, -0.25) is 4.79 Å². The monoisotopic (exact) mass is 452 g/mol. The van der Waals surface area contributed by atoms with E-state index in [0.717, 1.165) is 5.56 Å². The van der Waals surface area contributed by atoms with Crippen molar-refractivity contribution in [2.75, 3.05) is 12.4 Å². The summed E-state index contributed by atoms with van der Waals surface area (Å²) in [6, 6.07) is 21.2. The van der Waals surface area contributed by atoms with Gasteiger partial charge in [0.1, 0.15) is 29.7 Å². The van der Waals surface area contributed by atoms with E-state index in [1.807, 2.05) is 12.1 Å². The molecule has 3 aromatic rings. The molecule has 0 fully saturated rings. The van der Waals surface area contributed by atoms with E-state index in [-0.39, 0.29) is 12.2 Å². The van der Waals surface area contributed by atoms with Gasteiger partial charge in [0.2, 0.25) is 0 Å². The third-order valence-corrected chi connectivity index (χ3v) is 5.03. The van der Waals surface area contributed by atoms with Gasteiger partial charge < -0.3 is 14.8 Å². The first-order chi connectivity index (χ1) is 15.0. The highest BCUT2D eigenvalue weighted by Crippen LogP contribution is 2.29. The zero-order valence-corrected chi connectivity index (χ0v) is 18.1. The molecule has 1 N–H and O–H groups in total. The number of methoxy groups -OCH3 is 1. The topological polar surface area (TPSA) is 71.3 Å². The zero-order valence-electron chi connectivity index (χ0n) is 16.6. The number of anilines is 1. The van der Waals surface area contributed by atoms with Gasteiger partial charge in [-0.2, -0.15) is 5.26 Å². The van der Waals surface area contributed by atoms with E-state index in [4.69, 9.17) is 32.7 Å². The van der Waals surface area contributed by atoms with Crippen molar-refractivity contribution in [2.45, 2.75) is 6.61 Å². The van der Waals surface area contributed by atoms with Crippen molar-refractivity contribution in [3.63, 3.8) is 0 Å². The minimum Gasteiger partial charge on any atom is -0.497 e. The Balaban J connectivity index is 1.85.